The molecule has 0 unspecified atom stereocenters. The minimum absolute atomic E-state index is 0.565. The van der Waals surface area contributed by atoms with Gasteiger partial charge >= 0.3 is 0 Å². The van der Waals surface area contributed by atoms with Crippen LogP contribution < -0.4 is 0 Å². The SMILES string of the molecule is Cc1cc(-c2ccc(Cl)c(Cl)c2)c(Sc2ccccc2)n1-c1ccccc1. The van der Waals surface area contributed by atoms with Crippen LogP contribution in [-0.4, -0.2) is 4.57 Å². The summed E-state index contributed by atoms with van der Waals surface area (Å²) in [6.07, 6.45) is 0. The minimum atomic E-state index is 0.565. The van der Waals surface area contributed by atoms with Crippen LogP contribution in [0.3, 0.4) is 0 Å². The Morgan fingerprint density at radius 3 is 2.07 bits per heavy atom. The standard InChI is InChI=1S/C23H17Cl2NS/c1-16-14-20(17-12-13-21(24)22(25)15-17)23(27-19-10-6-3-7-11-19)26(16)18-8-4-2-5-9-18/h2-15H,1H3. The molecular weight excluding hydrogens is 393 g/mol. The maximum Gasteiger partial charge on any atom is 0.0924 e. The van der Waals surface area contributed by atoms with Crippen molar-refractivity contribution < 1.29 is 0 Å². The van der Waals surface area contributed by atoms with E-state index in [9.17, 15) is 0 Å². The van der Waals surface area contributed by atoms with E-state index in [0.29, 0.717) is 10.0 Å². The molecule has 0 amide bonds. The molecule has 0 aliphatic rings. The van der Waals surface area contributed by atoms with Gasteiger partial charge in [-0.15, -0.1) is 0 Å². The third kappa shape index (κ3) is 3.79. The average Bonchev–Trinajstić information content (AvgIpc) is 3.01. The van der Waals surface area contributed by atoms with E-state index in [1.54, 1.807) is 11.8 Å². The molecule has 0 saturated carbocycles. The first-order chi connectivity index (χ1) is 13.1. The Kier molecular flexibility index (Phi) is 5.31. The fraction of sp³-hybridized carbons (Fsp3) is 0.0435. The van der Waals surface area contributed by atoms with Gasteiger partial charge in [0.1, 0.15) is 0 Å². The Labute approximate surface area is 173 Å². The Morgan fingerprint density at radius 2 is 1.41 bits per heavy atom. The van der Waals surface area contributed by atoms with Crippen LogP contribution in [0.25, 0.3) is 16.8 Å². The highest BCUT2D eigenvalue weighted by Crippen LogP contribution is 2.41. The Balaban J connectivity index is 1.92. The van der Waals surface area contributed by atoms with E-state index in [1.165, 1.54) is 10.6 Å². The third-order valence-corrected chi connectivity index (χ3v) is 6.18. The fourth-order valence-corrected chi connectivity index (χ4v) is 4.53. The van der Waals surface area contributed by atoms with Crippen molar-refractivity contribution in [3.05, 3.63) is 101 Å². The van der Waals surface area contributed by atoms with Crippen molar-refractivity contribution in [2.45, 2.75) is 16.8 Å². The molecule has 4 heteroatoms. The van der Waals surface area contributed by atoms with Crippen molar-refractivity contribution in [3.63, 3.8) is 0 Å². The molecule has 4 aromatic rings. The molecule has 134 valence electrons. The van der Waals surface area contributed by atoms with Crippen LogP contribution >= 0.6 is 35.0 Å². The zero-order valence-electron chi connectivity index (χ0n) is 14.7. The monoisotopic (exact) mass is 409 g/mol. The summed E-state index contributed by atoms with van der Waals surface area (Å²) in [5.74, 6) is 0. The van der Waals surface area contributed by atoms with E-state index in [1.807, 2.05) is 30.3 Å². The van der Waals surface area contributed by atoms with Crippen LogP contribution in [0, 0.1) is 6.92 Å². The molecule has 1 heterocycles. The van der Waals surface area contributed by atoms with Crippen LogP contribution in [0.5, 0.6) is 0 Å². The van der Waals surface area contributed by atoms with Gasteiger partial charge in [-0.1, -0.05) is 77.4 Å². The molecule has 0 aliphatic carbocycles. The second-order valence-electron chi connectivity index (χ2n) is 6.22. The van der Waals surface area contributed by atoms with Crippen LogP contribution in [0.4, 0.5) is 0 Å². The number of aryl methyl sites for hydroxylation is 1. The van der Waals surface area contributed by atoms with Gasteiger partial charge in [0.15, 0.2) is 0 Å². The zero-order chi connectivity index (χ0) is 18.8. The lowest BCUT2D eigenvalue weighted by atomic mass is 10.1. The third-order valence-electron chi connectivity index (χ3n) is 4.34. The molecule has 4 rings (SSSR count). The van der Waals surface area contributed by atoms with Gasteiger partial charge in [0.25, 0.3) is 0 Å². The van der Waals surface area contributed by atoms with E-state index in [4.69, 9.17) is 23.2 Å². The summed E-state index contributed by atoms with van der Waals surface area (Å²) < 4.78 is 2.29. The van der Waals surface area contributed by atoms with E-state index in [-0.39, 0.29) is 0 Å². The van der Waals surface area contributed by atoms with Crippen molar-refractivity contribution in [2.75, 3.05) is 0 Å². The summed E-state index contributed by atoms with van der Waals surface area (Å²) in [5.41, 5.74) is 4.50. The number of nitrogens with zero attached hydrogens (tertiary/aromatic N) is 1. The van der Waals surface area contributed by atoms with Gasteiger partial charge in [0.05, 0.1) is 15.1 Å². The molecule has 1 nitrogen and oxygen atoms in total. The second-order valence-corrected chi connectivity index (χ2v) is 8.10. The number of para-hydroxylation sites is 1. The number of benzene rings is 3. The highest BCUT2D eigenvalue weighted by Gasteiger charge is 2.17. The normalized spacial score (nSPS) is 10.9. The topological polar surface area (TPSA) is 4.93 Å². The van der Waals surface area contributed by atoms with Crippen LogP contribution in [0.2, 0.25) is 10.0 Å². The van der Waals surface area contributed by atoms with Crippen molar-refractivity contribution >= 4 is 35.0 Å². The maximum absolute atomic E-state index is 6.29. The predicted molar refractivity (Wildman–Crippen MR) is 117 cm³/mol. The smallest absolute Gasteiger partial charge is 0.0924 e. The summed E-state index contributed by atoms with van der Waals surface area (Å²) in [4.78, 5) is 1.19. The Bertz CT molecular complexity index is 1070. The number of rotatable bonds is 4. The Morgan fingerprint density at radius 1 is 0.741 bits per heavy atom. The van der Waals surface area contributed by atoms with Crippen LogP contribution in [0.15, 0.2) is 94.9 Å². The number of hydrogen-bond donors (Lipinski definition) is 0. The first-order valence-corrected chi connectivity index (χ1v) is 10.2. The van der Waals surface area contributed by atoms with Gasteiger partial charge in [0.2, 0.25) is 0 Å². The quantitative estimate of drug-likeness (QED) is 0.331. The highest BCUT2D eigenvalue weighted by molar-refractivity contribution is 7.99. The average molecular weight is 410 g/mol. The predicted octanol–water partition coefficient (Wildman–Crippen LogP) is 7.91. The molecule has 0 aliphatic heterocycles. The van der Waals surface area contributed by atoms with Crippen molar-refractivity contribution in [2.24, 2.45) is 0 Å². The first-order valence-electron chi connectivity index (χ1n) is 8.59. The fourth-order valence-electron chi connectivity index (χ4n) is 3.09. The molecule has 0 fully saturated rings. The van der Waals surface area contributed by atoms with E-state index in [0.717, 1.165) is 21.8 Å². The molecule has 0 spiro atoms. The number of halogens is 2. The Hall–Kier alpha value is -2.13. The molecule has 0 radical (unpaired) electrons. The van der Waals surface area contributed by atoms with Gasteiger partial charge in [-0.05, 0) is 55.0 Å². The van der Waals surface area contributed by atoms with Crippen molar-refractivity contribution in [3.8, 4) is 16.8 Å². The van der Waals surface area contributed by atoms with Gasteiger partial charge in [-0.2, -0.15) is 0 Å². The summed E-state index contributed by atoms with van der Waals surface area (Å²) in [6.45, 7) is 2.13. The van der Waals surface area contributed by atoms with Gasteiger partial charge in [-0.25, -0.2) is 0 Å². The molecule has 27 heavy (non-hydrogen) atoms. The molecule has 0 bridgehead atoms. The lowest BCUT2D eigenvalue weighted by Gasteiger charge is -2.13. The van der Waals surface area contributed by atoms with E-state index >= 15 is 0 Å². The molecule has 0 saturated heterocycles. The van der Waals surface area contributed by atoms with E-state index in [2.05, 4.69) is 66.1 Å². The molecular formula is C23H17Cl2NS. The largest absolute Gasteiger partial charge is 0.308 e. The lowest BCUT2D eigenvalue weighted by Crippen LogP contribution is -1.98. The van der Waals surface area contributed by atoms with E-state index < -0.39 is 0 Å². The van der Waals surface area contributed by atoms with Crippen LogP contribution in [0.1, 0.15) is 5.69 Å². The number of aromatic nitrogens is 1. The molecule has 1 aromatic heterocycles. The maximum atomic E-state index is 6.29. The highest BCUT2D eigenvalue weighted by atomic mass is 35.5. The van der Waals surface area contributed by atoms with Crippen molar-refractivity contribution in [1.82, 2.24) is 4.57 Å². The molecule has 0 N–H and O–H groups in total. The van der Waals surface area contributed by atoms with Gasteiger partial charge < -0.3 is 4.57 Å². The van der Waals surface area contributed by atoms with Gasteiger partial charge in [0, 0.05) is 21.8 Å². The van der Waals surface area contributed by atoms with Gasteiger partial charge in [-0.3, -0.25) is 0 Å². The molecule has 0 atom stereocenters. The lowest BCUT2D eigenvalue weighted by molar-refractivity contribution is 0.915. The molecule has 3 aromatic carbocycles. The van der Waals surface area contributed by atoms with Crippen LogP contribution in [-0.2, 0) is 0 Å². The van der Waals surface area contributed by atoms with Crippen molar-refractivity contribution in [1.29, 1.82) is 0 Å². The minimum Gasteiger partial charge on any atom is -0.308 e. The summed E-state index contributed by atoms with van der Waals surface area (Å²) in [7, 11) is 0. The second kappa shape index (κ2) is 7.85. The number of hydrogen-bond acceptors (Lipinski definition) is 1. The zero-order valence-corrected chi connectivity index (χ0v) is 17.0. The first kappa shape index (κ1) is 18.2. The summed E-state index contributed by atoms with van der Waals surface area (Å²) in [5, 5.41) is 2.29. The summed E-state index contributed by atoms with van der Waals surface area (Å²) >= 11 is 14.2. The summed E-state index contributed by atoms with van der Waals surface area (Å²) in [6, 6.07) is 28.8.